The molecule has 120 valence electrons. The minimum absolute atomic E-state index is 0.242. The Morgan fingerprint density at radius 1 is 1.32 bits per heavy atom. The van der Waals surface area contributed by atoms with Crippen LogP contribution in [0, 0.1) is 0 Å². The number of carbonyl (C=O) groups is 2. The molecule has 1 aromatic rings. The number of carbonyl (C=O) groups excluding carboxylic acids is 1. The number of thioether (sulfide) groups is 1. The molecule has 2 N–H and O–H groups in total. The number of ether oxygens (including phenoxy) is 1. The number of benzene rings is 1. The average Bonchev–Trinajstić information content (AvgIpc) is 2.50. The van der Waals surface area contributed by atoms with E-state index in [1.807, 2.05) is 18.2 Å². The van der Waals surface area contributed by atoms with Crippen LogP contribution in [0.2, 0.25) is 5.02 Å². The van der Waals surface area contributed by atoms with Crippen molar-refractivity contribution in [3.63, 3.8) is 0 Å². The van der Waals surface area contributed by atoms with Crippen molar-refractivity contribution in [2.75, 3.05) is 19.0 Å². The highest BCUT2D eigenvalue weighted by Crippen LogP contribution is 2.27. The second-order valence-electron chi connectivity index (χ2n) is 5.08. The number of nitrogens with one attached hydrogen (secondary N) is 1. The fraction of sp³-hybridized carbons (Fsp3) is 0.467. The van der Waals surface area contributed by atoms with Crippen molar-refractivity contribution < 1.29 is 19.4 Å². The molecule has 1 heterocycles. The highest BCUT2D eigenvalue weighted by Gasteiger charge is 2.41. The van der Waals surface area contributed by atoms with Gasteiger partial charge in [-0.05, 0) is 12.1 Å². The van der Waals surface area contributed by atoms with E-state index in [2.05, 4.69) is 5.32 Å². The molecule has 1 aliphatic heterocycles. The van der Waals surface area contributed by atoms with Crippen LogP contribution in [0.1, 0.15) is 19.3 Å². The van der Waals surface area contributed by atoms with E-state index < -0.39 is 11.5 Å². The van der Waals surface area contributed by atoms with Gasteiger partial charge in [-0.15, -0.1) is 11.8 Å². The molecule has 0 unspecified atom stereocenters. The maximum Gasteiger partial charge on any atom is 0.329 e. The van der Waals surface area contributed by atoms with E-state index in [0.717, 1.165) is 4.90 Å². The van der Waals surface area contributed by atoms with Gasteiger partial charge in [0.15, 0.2) is 0 Å². The fourth-order valence-corrected chi connectivity index (χ4v) is 3.44. The highest BCUT2D eigenvalue weighted by atomic mass is 35.5. The van der Waals surface area contributed by atoms with Crippen LogP contribution in [0.3, 0.4) is 0 Å². The van der Waals surface area contributed by atoms with Crippen molar-refractivity contribution in [2.24, 2.45) is 0 Å². The lowest BCUT2D eigenvalue weighted by Gasteiger charge is -2.33. The second kappa shape index (κ2) is 7.85. The molecule has 0 aliphatic carbocycles. The van der Waals surface area contributed by atoms with E-state index in [1.165, 1.54) is 11.8 Å². The molecule has 1 saturated heterocycles. The van der Waals surface area contributed by atoms with Gasteiger partial charge in [0.2, 0.25) is 5.91 Å². The SMILES string of the molecule is O=C(CCSc1ccccc1Cl)NC1(C(=O)O)CCOCC1. The second-order valence-corrected chi connectivity index (χ2v) is 6.62. The van der Waals surface area contributed by atoms with Gasteiger partial charge in [-0.25, -0.2) is 4.79 Å². The molecule has 0 aromatic heterocycles. The zero-order chi connectivity index (χ0) is 16.0. The first kappa shape index (κ1) is 17.1. The van der Waals surface area contributed by atoms with E-state index in [-0.39, 0.29) is 12.3 Å². The van der Waals surface area contributed by atoms with Gasteiger partial charge >= 0.3 is 5.97 Å². The molecule has 1 fully saturated rings. The molecule has 1 amide bonds. The van der Waals surface area contributed by atoms with Crippen LogP contribution in [0.15, 0.2) is 29.2 Å². The molecular formula is C15H18ClNO4S. The number of carboxylic acid groups (broad SMARTS) is 1. The van der Waals surface area contributed by atoms with Crippen molar-refractivity contribution in [3.05, 3.63) is 29.3 Å². The largest absolute Gasteiger partial charge is 0.480 e. The number of carboxylic acids is 1. The first-order chi connectivity index (χ1) is 10.5. The van der Waals surface area contributed by atoms with Crippen molar-refractivity contribution in [3.8, 4) is 0 Å². The lowest BCUT2D eigenvalue weighted by molar-refractivity contribution is -0.152. The summed E-state index contributed by atoms with van der Waals surface area (Å²) in [5, 5.41) is 12.7. The number of rotatable bonds is 6. The van der Waals surface area contributed by atoms with E-state index in [4.69, 9.17) is 16.3 Å². The number of amides is 1. The summed E-state index contributed by atoms with van der Waals surface area (Å²) in [6.45, 7) is 0.696. The number of halogens is 1. The van der Waals surface area contributed by atoms with Crippen LogP contribution in [-0.4, -0.2) is 41.5 Å². The van der Waals surface area contributed by atoms with Gasteiger partial charge in [0.25, 0.3) is 0 Å². The summed E-state index contributed by atoms with van der Waals surface area (Å²) in [5.74, 6) is -0.714. The topological polar surface area (TPSA) is 75.6 Å². The Labute approximate surface area is 138 Å². The lowest BCUT2D eigenvalue weighted by Crippen LogP contribution is -2.57. The van der Waals surface area contributed by atoms with Crippen LogP contribution >= 0.6 is 23.4 Å². The van der Waals surface area contributed by atoms with E-state index >= 15 is 0 Å². The van der Waals surface area contributed by atoms with Gasteiger partial charge < -0.3 is 15.2 Å². The van der Waals surface area contributed by atoms with Gasteiger partial charge in [-0.2, -0.15) is 0 Å². The zero-order valence-electron chi connectivity index (χ0n) is 12.0. The molecular weight excluding hydrogens is 326 g/mol. The van der Waals surface area contributed by atoms with Crippen molar-refractivity contribution in [1.82, 2.24) is 5.32 Å². The summed E-state index contributed by atoms with van der Waals surface area (Å²) in [5.41, 5.74) is -1.19. The molecule has 1 aromatic carbocycles. The maximum absolute atomic E-state index is 12.0. The van der Waals surface area contributed by atoms with Crippen LogP contribution < -0.4 is 5.32 Å². The Morgan fingerprint density at radius 2 is 2.00 bits per heavy atom. The fourth-order valence-electron chi connectivity index (χ4n) is 2.26. The minimum Gasteiger partial charge on any atom is -0.480 e. The molecule has 7 heteroatoms. The highest BCUT2D eigenvalue weighted by molar-refractivity contribution is 7.99. The standard InChI is InChI=1S/C15H18ClNO4S/c16-11-3-1-2-4-12(11)22-10-5-13(18)17-15(14(19)20)6-8-21-9-7-15/h1-4H,5-10H2,(H,17,18)(H,19,20). The molecule has 0 saturated carbocycles. The first-order valence-corrected chi connectivity index (χ1v) is 8.39. The molecule has 0 spiro atoms. The Hall–Kier alpha value is -1.24. The Kier molecular flexibility index (Phi) is 6.11. The summed E-state index contributed by atoms with van der Waals surface area (Å²) >= 11 is 7.53. The summed E-state index contributed by atoms with van der Waals surface area (Å²) in [7, 11) is 0. The first-order valence-electron chi connectivity index (χ1n) is 7.03. The van der Waals surface area contributed by atoms with E-state index in [0.29, 0.717) is 36.8 Å². The zero-order valence-corrected chi connectivity index (χ0v) is 13.6. The molecule has 0 atom stereocenters. The van der Waals surface area contributed by atoms with Crippen molar-refractivity contribution in [2.45, 2.75) is 29.7 Å². The van der Waals surface area contributed by atoms with Gasteiger partial charge in [0.1, 0.15) is 5.54 Å². The summed E-state index contributed by atoms with van der Waals surface area (Å²) in [6, 6.07) is 7.42. The molecule has 2 rings (SSSR count). The Balaban J connectivity index is 1.84. The van der Waals surface area contributed by atoms with Crippen LogP contribution in [0.25, 0.3) is 0 Å². The van der Waals surface area contributed by atoms with Crippen LogP contribution in [-0.2, 0) is 14.3 Å². The maximum atomic E-state index is 12.0. The predicted octanol–water partition coefficient (Wildman–Crippen LogP) is 2.57. The van der Waals surface area contributed by atoms with Gasteiger partial charge in [-0.3, -0.25) is 4.79 Å². The molecule has 22 heavy (non-hydrogen) atoms. The van der Waals surface area contributed by atoms with Gasteiger partial charge in [-0.1, -0.05) is 23.7 Å². The third-order valence-electron chi connectivity index (χ3n) is 3.56. The van der Waals surface area contributed by atoms with Crippen LogP contribution in [0.5, 0.6) is 0 Å². The third kappa shape index (κ3) is 4.38. The third-order valence-corrected chi connectivity index (χ3v) is 5.07. The monoisotopic (exact) mass is 343 g/mol. The smallest absolute Gasteiger partial charge is 0.329 e. The van der Waals surface area contributed by atoms with E-state index in [1.54, 1.807) is 6.07 Å². The van der Waals surface area contributed by atoms with Crippen molar-refractivity contribution >= 4 is 35.2 Å². The van der Waals surface area contributed by atoms with Gasteiger partial charge in [0.05, 0.1) is 5.02 Å². The quantitative estimate of drug-likeness (QED) is 0.776. The number of hydrogen-bond donors (Lipinski definition) is 2. The predicted molar refractivity (Wildman–Crippen MR) is 85.4 cm³/mol. The molecule has 0 radical (unpaired) electrons. The summed E-state index contributed by atoms with van der Waals surface area (Å²) in [6.07, 6.45) is 0.837. The normalized spacial score (nSPS) is 17.0. The van der Waals surface area contributed by atoms with Crippen LogP contribution in [0.4, 0.5) is 0 Å². The summed E-state index contributed by atoms with van der Waals surface area (Å²) in [4.78, 5) is 24.4. The molecule has 5 nitrogen and oxygen atoms in total. The number of aliphatic carboxylic acids is 1. The molecule has 0 bridgehead atoms. The summed E-state index contributed by atoms with van der Waals surface area (Å²) < 4.78 is 5.18. The Bertz CT molecular complexity index is 546. The van der Waals surface area contributed by atoms with E-state index in [9.17, 15) is 14.7 Å². The molecule has 1 aliphatic rings. The Morgan fingerprint density at radius 3 is 2.64 bits per heavy atom. The van der Waals surface area contributed by atoms with Gasteiger partial charge in [0, 0.05) is 43.1 Å². The van der Waals surface area contributed by atoms with Crippen molar-refractivity contribution in [1.29, 1.82) is 0 Å². The minimum atomic E-state index is -1.19. The lowest BCUT2D eigenvalue weighted by atomic mass is 9.90. The average molecular weight is 344 g/mol. The number of hydrogen-bond acceptors (Lipinski definition) is 4.